The lowest BCUT2D eigenvalue weighted by atomic mass is 9.95. The first-order valence-electron chi connectivity index (χ1n) is 20.8. The molecule has 16 heteroatoms. The summed E-state index contributed by atoms with van der Waals surface area (Å²) in [6, 6.07) is 28.5. The summed E-state index contributed by atoms with van der Waals surface area (Å²) >= 11 is 6.57. The maximum atomic E-state index is 15.5. The average Bonchev–Trinajstić information content (AvgIpc) is 3.28. The second-order valence-electron chi connectivity index (χ2n) is 15.9. The molecule has 8 rings (SSSR count). The summed E-state index contributed by atoms with van der Waals surface area (Å²) in [6.45, 7) is 5.99. The maximum Gasteiger partial charge on any atom is 0.249 e. The van der Waals surface area contributed by atoms with E-state index in [9.17, 15) is 19.2 Å². The molecule has 1 unspecified atom stereocenters. The molecule has 5 aromatic rings. The summed E-state index contributed by atoms with van der Waals surface area (Å²) in [4.78, 5) is 65.9. The van der Waals surface area contributed by atoms with Crippen LogP contribution >= 0.6 is 11.6 Å². The molecule has 3 saturated heterocycles. The molecule has 1 aromatic heterocycles. The quantitative estimate of drug-likeness (QED) is 0.0968. The summed E-state index contributed by atoms with van der Waals surface area (Å²) in [6.07, 6.45) is 4.35. The van der Waals surface area contributed by atoms with Gasteiger partial charge in [0.15, 0.2) is 11.6 Å². The highest BCUT2D eigenvalue weighted by molar-refractivity contribution is 6.33. The van der Waals surface area contributed by atoms with E-state index in [1.165, 1.54) is 0 Å². The van der Waals surface area contributed by atoms with Gasteiger partial charge in [-0.1, -0.05) is 41.9 Å². The molecule has 4 amide bonds. The van der Waals surface area contributed by atoms with E-state index in [1.807, 2.05) is 41.3 Å². The fraction of sp³-hybridized carbons (Fsp3) is 0.304. The Bertz CT molecular complexity index is 2420. The number of primary amides is 1. The lowest BCUT2D eigenvalue weighted by molar-refractivity contribution is -0.134. The highest BCUT2D eigenvalue weighted by Crippen LogP contribution is 2.39. The van der Waals surface area contributed by atoms with Gasteiger partial charge in [-0.2, -0.15) is 4.98 Å². The molecule has 0 bridgehead atoms. The van der Waals surface area contributed by atoms with Gasteiger partial charge in [-0.3, -0.25) is 34.3 Å². The Balaban J connectivity index is 0.809. The van der Waals surface area contributed by atoms with E-state index in [2.05, 4.69) is 47.9 Å². The number of piperazine rings is 1. The standard InChI is InChI=1S/C46H48ClFN10O4/c47-37-6-1-2-7-40(37)58(35-14-10-32(11-15-35)43(49)61)44-38(48)28-50-46(54-44)52-33-12-8-30(9-13-33)26-42(60)57-24-22-55(23-25-57)29-31-18-20-56(21-19-31)36-5-3-4-34(27-36)51-39-16-17-41(59)53-45(39)62/h1-15,27-28,31,39,51H,16-26,29H2,(H2,49,61)(H,50,52,54)(H,53,59,62). The highest BCUT2D eigenvalue weighted by Gasteiger charge is 2.28. The molecule has 5 N–H and O–H groups in total. The van der Waals surface area contributed by atoms with Crippen LogP contribution < -0.4 is 31.5 Å². The Labute approximate surface area is 364 Å². The molecule has 4 heterocycles. The molecule has 0 spiro atoms. The minimum Gasteiger partial charge on any atom is -0.374 e. The van der Waals surface area contributed by atoms with Crippen LogP contribution in [0.1, 0.15) is 41.6 Å². The van der Waals surface area contributed by atoms with Gasteiger partial charge in [0.25, 0.3) is 0 Å². The van der Waals surface area contributed by atoms with Crippen LogP contribution in [-0.2, 0) is 20.8 Å². The fourth-order valence-electron chi connectivity index (χ4n) is 8.22. The van der Waals surface area contributed by atoms with Crippen LogP contribution in [0.2, 0.25) is 5.02 Å². The molecule has 0 aliphatic carbocycles. The predicted molar refractivity (Wildman–Crippen MR) is 238 cm³/mol. The zero-order chi connectivity index (χ0) is 43.2. The number of aromatic nitrogens is 2. The number of carbonyl (C=O) groups excluding carboxylic acids is 4. The fourth-order valence-corrected chi connectivity index (χ4v) is 8.44. The van der Waals surface area contributed by atoms with Crippen LogP contribution in [0.5, 0.6) is 0 Å². The van der Waals surface area contributed by atoms with Crippen LogP contribution in [-0.4, -0.2) is 95.3 Å². The lowest BCUT2D eigenvalue weighted by Gasteiger charge is -2.39. The number of nitrogens with two attached hydrogens (primary N) is 1. The molecule has 14 nitrogen and oxygen atoms in total. The van der Waals surface area contributed by atoms with Crippen molar-refractivity contribution in [1.29, 1.82) is 0 Å². The minimum atomic E-state index is -0.687. The van der Waals surface area contributed by atoms with Crippen LogP contribution in [0.3, 0.4) is 0 Å². The van der Waals surface area contributed by atoms with Crippen molar-refractivity contribution in [2.24, 2.45) is 11.7 Å². The number of nitrogens with one attached hydrogen (secondary N) is 3. The Kier molecular flexibility index (Phi) is 12.9. The summed E-state index contributed by atoms with van der Waals surface area (Å²) in [5, 5.41) is 9.21. The van der Waals surface area contributed by atoms with Gasteiger partial charge in [0.2, 0.25) is 29.6 Å². The van der Waals surface area contributed by atoms with E-state index in [0.29, 0.717) is 59.5 Å². The number of rotatable bonds is 13. The number of piperidine rings is 2. The van der Waals surface area contributed by atoms with Gasteiger partial charge in [0.1, 0.15) is 6.04 Å². The number of benzene rings is 4. The van der Waals surface area contributed by atoms with Crippen molar-refractivity contribution in [3.8, 4) is 0 Å². The van der Waals surface area contributed by atoms with Crippen molar-refractivity contribution in [1.82, 2.24) is 25.1 Å². The number of hydrogen-bond acceptors (Lipinski definition) is 11. The van der Waals surface area contributed by atoms with E-state index in [4.69, 9.17) is 17.3 Å². The topological polar surface area (TPSA) is 169 Å². The number of halogens is 2. The molecule has 3 fully saturated rings. The zero-order valence-corrected chi connectivity index (χ0v) is 34.9. The second kappa shape index (κ2) is 19.0. The Morgan fingerprint density at radius 3 is 2.32 bits per heavy atom. The summed E-state index contributed by atoms with van der Waals surface area (Å²) in [5.41, 5.74) is 10.2. The van der Waals surface area contributed by atoms with Gasteiger partial charge in [-0.25, -0.2) is 9.37 Å². The summed E-state index contributed by atoms with van der Waals surface area (Å²) in [7, 11) is 0. The largest absolute Gasteiger partial charge is 0.374 e. The third kappa shape index (κ3) is 10.1. The molecule has 3 aliphatic heterocycles. The smallest absolute Gasteiger partial charge is 0.249 e. The summed E-state index contributed by atoms with van der Waals surface area (Å²) in [5.74, 6) is -1.01. The first-order chi connectivity index (χ1) is 30.1. The molecular weight excluding hydrogens is 811 g/mol. The van der Waals surface area contributed by atoms with Crippen molar-refractivity contribution >= 4 is 75.4 Å². The van der Waals surface area contributed by atoms with Gasteiger partial charge in [-0.15, -0.1) is 0 Å². The second-order valence-corrected chi connectivity index (χ2v) is 16.3. The van der Waals surface area contributed by atoms with E-state index >= 15 is 4.39 Å². The molecule has 3 aliphatic rings. The Morgan fingerprint density at radius 1 is 0.871 bits per heavy atom. The first kappa shape index (κ1) is 42.1. The average molecular weight is 859 g/mol. The molecule has 62 heavy (non-hydrogen) atoms. The van der Waals surface area contributed by atoms with Crippen LogP contribution in [0.15, 0.2) is 103 Å². The Morgan fingerprint density at radius 2 is 1.61 bits per heavy atom. The van der Waals surface area contributed by atoms with Crippen molar-refractivity contribution in [2.45, 2.75) is 38.1 Å². The molecule has 0 radical (unpaired) electrons. The maximum absolute atomic E-state index is 15.5. The molecular formula is C46H48ClFN10O4. The lowest BCUT2D eigenvalue weighted by Crippen LogP contribution is -2.50. The van der Waals surface area contributed by atoms with Crippen molar-refractivity contribution in [3.05, 3.63) is 125 Å². The Hall–Kier alpha value is -6.58. The van der Waals surface area contributed by atoms with Crippen molar-refractivity contribution in [2.75, 3.05) is 66.2 Å². The third-order valence-corrected chi connectivity index (χ3v) is 12.0. The number of para-hydroxylation sites is 1. The number of hydrogen-bond donors (Lipinski definition) is 4. The van der Waals surface area contributed by atoms with E-state index in [1.54, 1.807) is 53.4 Å². The van der Waals surface area contributed by atoms with Gasteiger partial charge < -0.3 is 26.2 Å². The number of carbonyl (C=O) groups is 4. The first-order valence-corrected chi connectivity index (χ1v) is 21.2. The number of anilines is 7. The van der Waals surface area contributed by atoms with Crippen LogP contribution in [0.4, 0.5) is 44.6 Å². The highest BCUT2D eigenvalue weighted by atomic mass is 35.5. The molecule has 1 atom stereocenters. The normalized spacial score (nSPS) is 17.4. The molecule has 4 aromatic carbocycles. The van der Waals surface area contributed by atoms with E-state index in [0.717, 1.165) is 68.7 Å². The molecule has 320 valence electrons. The van der Waals surface area contributed by atoms with Gasteiger partial charge in [0.05, 0.1) is 23.3 Å². The van der Waals surface area contributed by atoms with Crippen molar-refractivity contribution in [3.63, 3.8) is 0 Å². The number of amides is 4. The van der Waals surface area contributed by atoms with Gasteiger partial charge in [-0.05, 0) is 97.5 Å². The van der Waals surface area contributed by atoms with E-state index in [-0.39, 0.29) is 35.9 Å². The number of nitrogens with zero attached hydrogens (tertiary/aromatic N) is 6. The monoisotopic (exact) mass is 858 g/mol. The predicted octanol–water partition coefficient (Wildman–Crippen LogP) is 6.40. The SMILES string of the molecule is NC(=O)c1ccc(N(c2ccccc2Cl)c2nc(Nc3ccc(CC(=O)N4CCN(CC5CCN(c6cccc(NC7CCC(=O)NC7=O)c6)CC5)CC4)cc3)ncc2F)cc1. The summed E-state index contributed by atoms with van der Waals surface area (Å²) < 4.78 is 15.5. The van der Waals surface area contributed by atoms with E-state index < -0.39 is 17.8 Å². The van der Waals surface area contributed by atoms with Gasteiger partial charge in [0, 0.05) is 80.5 Å². The molecule has 0 saturated carbocycles. The van der Waals surface area contributed by atoms with Gasteiger partial charge >= 0.3 is 0 Å². The van der Waals surface area contributed by atoms with Crippen LogP contribution in [0.25, 0.3) is 0 Å². The minimum absolute atomic E-state index is 0.0591. The van der Waals surface area contributed by atoms with Crippen molar-refractivity contribution < 1.29 is 23.6 Å². The zero-order valence-electron chi connectivity index (χ0n) is 34.1. The van der Waals surface area contributed by atoms with Crippen LogP contribution in [0, 0.1) is 11.7 Å². The third-order valence-electron chi connectivity index (χ3n) is 11.7. The number of imide groups is 1.